The summed E-state index contributed by atoms with van der Waals surface area (Å²) < 4.78 is 0. The first kappa shape index (κ1) is 11.3. The molecule has 1 nitrogen and oxygen atoms in total. The molecule has 0 bridgehead atoms. The second-order valence-electron chi connectivity index (χ2n) is 4.02. The van der Waals surface area contributed by atoms with Crippen molar-refractivity contribution in [1.29, 1.82) is 0 Å². The molecule has 13 heavy (non-hydrogen) atoms. The lowest BCUT2D eigenvalue weighted by atomic mass is 10.2. The zero-order chi connectivity index (χ0) is 9.52. The van der Waals surface area contributed by atoms with Gasteiger partial charge in [-0.25, -0.2) is 0 Å². The zero-order valence-corrected chi connectivity index (χ0v) is 9.52. The average Bonchev–Trinajstić information content (AvgIpc) is 2.94. The third-order valence-electron chi connectivity index (χ3n) is 2.69. The van der Waals surface area contributed by atoms with Gasteiger partial charge in [0.05, 0.1) is 0 Å². The monoisotopic (exact) mass is 203 g/mol. The molecular weight excluding hydrogens is 182 g/mol. The lowest BCUT2D eigenvalue weighted by Crippen LogP contribution is -2.28. The predicted molar refractivity (Wildman–Crippen MR) is 59.5 cm³/mol. The Morgan fingerprint density at radius 3 is 2.38 bits per heavy atom. The van der Waals surface area contributed by atoms with E-state index in [2.05, 4.69) is 11.8 Å². The molecule has 0 heterocycles. The van der Waals surface area contributed by atoms with Crippen molar-refractivity contribution in [3.63, 3.8) is 0 Å². The van der Waals surface area contributed by atoms with Crippen LogP contribution in [-0.4, -0.2) is 29.9 Å². The molecule has 0 saturated heterocycles. The van der Waals surface area contributed by atoms with Gasteiger partial charge in [0, 0.05) is 11.9 Å². The molecule has 0 atom stereocenters. The number of unbranched alkanes of at least 4 members (excludes halogenated alkanes) is 2. The summed E-state index contributed by atoms with van der Waals surface area (Å²) in [5, 5.41) is 0. The van der Waals surface area contributed by atoms with Gasteiger partial charge in [0.2, 0.25) is 0 Å². The summed E-state index contributed by atoms with van der Waals surface area (Å²) in [7, 11) is 0. The third-order valence-corrected chi connectivity index (χ3v) is 2.96. The summed E-state index contributed by atoms with van der Waals surface area (Å²) in [6, 6.07) is 0.932. The number of halogens is 1. The van der Waals surface area contributed by atoms with Gasteiger partial charge in [0.15, 0.2) is 0 Å². The van der Waals surface area contributed by atoms with Crippen molar-refractivity contribution < 1.29 is 0 Å². The van der Waals surface area contributed by atoms with Crippen LogP contribution in [0.25, 0.3) is 0 Å². The van der Waals surface area contributed by atoms with Crippen LogP contribution in [0.4, 0.5) is 0 Å². The normalized spacial score (nSPS) is 16.8. The molecule has 1 fully saturated rings. The van der Waals surface area contributed by atoms with Gasteiger partial charge in [-0.2, -0.15) is 0 Å². The molecule has 1 saturated carbocycles. The van der Waals surface area contributed by atoms with Gasteiger partial charge in [-0.1, -0.05) is 13.3 Å². The van der Waals surface area contributed by atoms with Gasteiger partial charge in [0.25, 0.3) is 0 Å². The lowest BCUT2D eigenvalue weighted by Gasteiger charge is -2.21. The van der Waals surface area contributed by atoms with E-state index in [1.54, 1.807) is 0 Å². The van der Waals surface area contributed by atoms with Crippen molar-refractivity contribution in [3.8, 4) is 0 Å². The van der Waals surface area contributed by atoms with E-state index in [1.807, 2.05) is 0 Å². The van der Waals surface area contributed by atoms with Crippen molar-refractivity contribution in [2.75, 3.05) is 19.0 Å². The molecular formula is C11H22ClN. The SMILES string of the molecule is CCCCN(CCCCCl)C1CC1. The topological polar surface area (TPSA) is 3.24 Å². The number of alkyl halides is 1. The van der Waals surface area contributed by atoms with E-state index in [9.17, 15) is 0 Å². The molecule has 0 spiro atoms. The highest BCUT2D eigenvalue weighted by atomic mass is 35.5. The van der Waals surface area contributed by atoms with Gasteiger partial charge in [-0.15, -0.1) is 11.6 Å². The third kappa shape index (κ3) is 4.87. The maximum absolute atomic E-state index is 5.67. The quantitative estimate of drug-likeness (QED) is 0.433. The van der Waals surface area contributed by atoms with E-state index in [1.165, 1.54) is 51.6 Å². The average molecular weight is 204 g/mol. The minimum atomic E-state index is 0.826. The van der Waals surface area contributed by atoms with Crippen molar-refractivity contribution in [2.45, 2.75) is 51.5 Å². The maximum Gasteiger partial charge on any atom is 0.0223 e. The number of hydrogen-bond acceptors (Lipinski definition) is 1. The maximum atomic E-state index is 5.67. The van der Waals surface area contributed by atoms with Gasteiger partial charge < -0.3 is 4.90 Å². The van der Waals surface area contributed by atoms with Gasteiger partial charge in [0.1, 0.15) is 0 Å². The van der Waals surface area contributed by atoms with E-state index < -0.39 is 0 Å². The van der Waals surface area contributed by atoms with E-state index in [4.69, 9.17) is 11.6 Å². The summed E-state index contributed by atoms with van der Waals surface area (Å²) in [5.41, 5.74) is 0. The van der Waals surface area contributed by atoms with E-state index in [0.29, 0.717) is 0 Å². The lowest BCUT2D eigenvalue weighted by molar-refractivity contribution is 0.255. The molecule has 0 unspecified atom stereocenters. The Kier molecular flexibility index (Phi) is 5.81. The van der Waals surface area contributed by atoms with Crippen LogP contribution in [0.3, 0.4) is 0 Å². The van der Waals surface area contributed by atoms with Crippen molar-refractivity contribution in [2.24, 2.45) is 0 Å². The number of rotatable bonds is 8. The Balaban J connectivity index is 2.06. The predicted octanol–water partition coefficient (Wildman–Crippen LogP) is 3.27. The number of nitrogens with zero attached hydrogens (tertiary/aromatic N) is 1. The van der Waals surface area contributed by atoms with Crippen LogP contribution in [0, 0.1) is 0 Å². The van der Waals surface area contributed by atoms with Crippen molar-refractivity contribution in [1.82, 2.24) is 4.90 Å². The Morgan fingerprint density at radius 1 is 1.15 bits per heavy atom. The van der Waals surface area contributed by atoms with Gasteiger partial charge in [-0.05, 0) is 45.2 Å². The summed E-state index contributed by atoms with van der Waals surface area (Å²) in [6.07, 6.45) is 8.01. The molecule has 0 N–H and O–H groups in total. The van der Waals surface area contributed by atoms with Gasteiger partial charge in [-0.3, -0.25) is 0 Å². The van der Waals surface area contributed by atoms with Crippen LogP contribution < -0.4 is 0 Å². The summed E-state index contributed by atoms with van der Waals surface area (Å²) in [6.45, 7) is 4.85. The zero-order valence-electron chi connectivity index (χ0n) is 8.77. The summed E-state index contributed by atoms with van der Waals surface area (Å²) in [4.78, 5) is 2.66. The van der Waals surface area contributed by atoms with Crippen LogP contribution in [0.5, 0.6) is 0 Å². The molecule has 0 aromatic heterocycles. The Labute approximate surface area is 87.4 Å². The van der Waals surface area contributed by atoms with Crippen LogP contribution in [0.1, 0.15) is 45.4 Å². The molecule has 0 aliphatic heterocycles. The summed E-state index contributed by atoms with van der Waals surface area (Å²) in [5.74, 6) is 0.826. The molecule has 2 heteroatoms. The fourth-order valence-electron chi connectivity index (χ4n) is 1.69. The van der Waals surface area contributed by atoms with Crippen molar-refractivity contribution in [3.05, 3.63) is 0 Å². The molecule has 0 amide bonds. The van der Waals surface area contributed by atoms with E-state index in [-0.39, 0.29) is 0 Å². The number of hydrogen-bond donors (Lipinski definition) is 0. The van der Waals surface area contributed by atoms with Crippen LogP contribution in [0.2, 0.25) is 0 Å². The van der Waals surface area contributed by atoms with Crippen LogP contribution >= 0.6 is 11.6 Å². The highest BCUT2D eigenvalue weighted by Gasteiger charge is 2.27. The standard InChI is InChI=1S/C11H22ClN/c1-2-3-9-13(11-6-7-11)10-5-4-8-12/h11H,2-10H2,1H3. The minimum Gasteiger partial charge on any atom is -0.300 e. The Morgan fingerprint density at radius 2 is 1.85 bits per heavy atom. The first-order chi connectivity index (χ1) is 6.38. The molecule has 78 valence electrons. The molecule has 0 aromatic rings. The molecule has 0 radical (unpaired) electrons. The second kappa shape index (κ2) is 6.67. The van der Waals surface area contributed by atoms with Crippen LogP contribution in [0.15, 0.2) is 0 Å². The molecule has 1 aliphatic carbocycles. The van der Waals surface area contributed by atoms with Crippen molar-refractivity contribution >= 4 is 11.6 Å². The Bertz CT molecular complexity index is 123. The van der Waals surface area contributed by atoms with Gasteiger partial charge >= 0.3 is 0 Å². The van der Waals surface area contributed by atoms with Crippen LogP contribution in [-0.2, 0) is 0 Å². The van der Waals surface area contributed by atoms with E-state index in [0.717, 1.165) is 11.9 Å². The summed E-state index contributed by atoms with van der Waals surface area (Å²) >= 11 is 5.67. The van der Waals surface area contributed by atoms with E-state index >= 15 is 0 Å². The first-order valence-corrected chi connectivity index (χ1v) is 6.22. The molecule has 1 rings (SSSR count). The minimum absolute atomic E-state index is 0.826. The largest absolute Gasteiger partial charge is 0.300 e. The molecule has 1 aliphatic rings. The first-order valence-electron chi connectivity index (χ1n) is 5.68. The fraction of sp³-hybridized carbons (Fsp3) is 1.00. The fourth-order valence-corrected chi connectivity index (χ4v) is 1.88. The Hall–Kier alpha value is 0.250. The smallest absolute Gasteiger partial charge is 0.0223 e. The second-order valence-corrected chi connectivity index (χ2v) is 4.39. The molecule has 0 aromatic carbocycles. The highest BCUT2D eigenvalue weighted by Crippen LogP contribution is 2.27. The highest BCUT2D eigenvalue weighted by molar-refractivity contribution is 6.17.